The van der Waals surface area contributed by atoms with Crippen LogP contribution >= 0.6 is 0 Å². The van der Waals surface area contributed by atoms with E-state index in [-0.39, 0.29) is 6.04 Å². The Kier molecular flexibility index (Phi) is 5.67. The Bertz CT molecular complexity index is 406. The molecule has 0 aromatic heterocycles. The summed E-state index contributed by atoms with van der Waals surface area (Å²) in [6.45, 7) is 7.10. The highest BCUT2D eigenvalue weighted by Crippen LogP contribution is 2.14. The fourth-order valence-electron chi connectivity index (χ4n) is 1.90. The van der Waals surface area contributed by atoms with Gasteiger partial charge in [0.15, 0.2) is 0 Å². The lowest BCUT2D eigenvalue weighted by atomic mass is 10.1. The van der Waals surface area contributed by atoms with Gasteiger partial charge in [-0.15, -0.1) is 0 Å². The maximum Gasteiger partial charge on any atom is 0.0971 e. The van der Waals surface area contributed by atoms with Crippen molar-refractivity contribution >= 4 is 5.69 Å². The molecule has 18 heavy (non-hydrogen) atoms. The normalized spacial score (nSPS) is 12.2. The summed E-state index contributed by atoms with van der Waals surface area (Å²) in [5, 5.41) is 12.3. The third kappa shape index (κ3) is 4.77. The van der Waals surface area contributed by atoms with Crippen molar-refractivity contribution in [2.45, 2.75) is 39.3 Å². The number of hydrogen-bond donors (Lipinski definition) is 1. The van der Waals surface area contributed by atoms with Crippen molar-refractivity contribution < 1.29 is 0 Å². The van der Waals surface area contributed by atoms with Gasteiger partial charge < -0.3 is 4.90 Å². The van der Waals surface area contributed by atoms with Gasteiger partial charge in [-0.1, -0.05) is 12.1 Å². The zero-order chi connectivity index (χ0) is 13.5. The molecule has 1 aromatic carbocycles. The molecule has 0 fully saturated rings. The maximum absolute atomic E-state index is 9.07. The van der Waals surface area contributed by atoms with E-state index >= 15 is 0 Å². The summed E-state index contributed by atoms with van der Waals surface area (Å²) in [7, 11) is 2.07. The smallest absolute Gasteiger partial charge is 0.0971 e. The lowest BCUT2D eigenvalue weighted by molar-refractivity contribution is 0.507. The van der Waals surface area contributed by atoms with E-state index in [1.54, 1.807) is 0 Å². The highest BCUT2D eigenvalue weighted by Gasteiger charge is 2.10. The molecule has 0 bridgehead atoms. The van der Waals surface area contributed by atoms with Gasteiger partial charge in [-0.05, 0) is 44.9 Å². The number of rotatable bonds is 6. The first kappa shape index (κ1) is 14.5. The van der Waals surface area contributed by atoms with Gasteiger partial charge in [0.25, 0.3) is 0 Å². The van der Waals surface area contributed by atoms with Gasteiger partial charge in [0.2, 0.25) is 0 Å². The zero-order valence-corrected chi connectivity index (χ0v) is 11.8. The topological polar surface area (TPSA) is 39.1 Å². The number of nitrogens with zero attached hydrogens (tertiary/aromatic N) is 2. The summed E-state index contributed by atoms with van der Waals surface area (Å²) in [4.78, 5) is 2.19. The Morgan fingerprint density at radius 3 is 2.67 bits per heavy atom. The average Bonchev–Trinajstić information content (AvgIpc) is 2.33. The van der Waals surface area contributed by atoms with Crippen molar-refractivity contribution in [3.05, 3.63) is 29.8 Å². The number of nitriles is 1. The minimum atomic E-state index is -0.0720. The van der Waals surface area contributed by atoms with Crippen molar-refractivity contribution in [2.75, 3.05) is 18.5 Å². The SMILES string of the molecule is Cc1cccc(N(C)CCC(C#N)NC(C)C)c1. The van der Waals surface area contributed by atoms with E-state index in [0.29, 0.717) is 6.04 Å². The van der Waals surface area contributed by atoms with Gasteiger partial charge in [0, 0.05) is 25.3 Å². The molecule has 0 saturated heterocycles. The molecular weight excluding hydrogens is 222 g/mol. The third-order valence-electron chi connectivity index (χ3n) is 2.89. The molecule has 1 N–H and O–H groups in total. The van der Waals surface area contributed by atoms with Gasteiger partial charge in [-0.25, -0.2) is 0 Å². The molecule has 0 spiro atoms. The van der Waals surface area contributed by atoms with Gasteiger partial charge in [0.05, 0.1) is 12.1 Å². The van der Waals surface area contributed by atoms with Gasteiger partial charge >= 0.3 is 0 Å². The molecule has 1 atom stereocenters. The predicted molar refractivity (Wildman–Crippen MR) is 76.7 cm³/mol. The molecule has 0 radical (unpaired) electrons. The first-order valence-electron chi connectivity index (χ1n) is 6.46. The number of anilines is 1. The molecular formula is C15H23N3. The molecule has 1 aromatic rings. The van der Waals surface area contributed by atoms with Crippen molar-refractivity contribution in [1.29, 1.82) is 5.26 Å². The zero-order valence-electron chi connectivity index (χ0n) is 11.8. The van der Waals surface area contributed by atoms with Crippen molar-refractivity contribution in [3.63, 3.8) is 0 Å². The molecule has 0 saturated carbocycles. The van der Waals surface area contributed by atoms with E-state index in [1.165, 1.54) is 11.3 Å². The second-order valence-electron chi connectivity index (χ2n) is 5.05. The first-order valence-corrected chi connectivity index (χ1v) is 6.46. The van der Waals surface area contributed by atoms with Crippen LogP contribution < -0.4 is 10.2 Å². The molecule has 0 aliphatic rings. The van der Waals surface area contributed by atoms with Crippen molar-refractivity contribution in [3.8, 4) is 6.07 Å². The molecule has 3 nitrogen and oxygen atoms in total. The van der Waals surface area contributed by atoms with Crippen LogP contribution in [0, 0.1) is 18.3 Å². The quantitative estimate of drug-likeness (QED) is 0.837. The maximum atomic E-state index is 9.07. The lowest BCUT2D eigenvalue weighted by Gasteiger charge is -2.22. The molecule has 0 aliphatic carbocycles. The van der Waals surface area contributed by atoms with Crippen LogP contribution in [-0.4, -0.2) is 25.7 Å². The molecule has 1 rings (SSSR count). The predicted octanol–water partition coefficient (Wildman–Crippen LogP) is 2.71. The summed E-state index contributed by atoms with van der Waals surface area (Å²) < 4.78 is 0. The van der Waals surface area contributed by atoms with Crippen LogP contribution in [0.3, 0.4) is 0 Å². The molecule has 0 amide bonds. The number of nitrogens with one attached hydrogen (secondary N) is 1. The van der Waals surface area contributed by atoms with Crippen LogP contribution in [0.2, 0.25) is 0 Å². The minimum absolute atomic E-state index is 0.0720. The Morgan fingerprint density at radius 1 is 1.39 bits per heavy atom. The van der Waals surface area contributed by atoms with Crippen molar-refractivity contribution in [1.82, 2.24) is 5.32 Å². The fraction of sp³-hybridized carbons (Fsp3) is 0.533. The summed E-state index contributed by atoms with van der Waals surface area (Å²) in [6.07, 6.45) is 0.832. The summed E-state index contributed by atoms with van der Waals surface area (Å²) >= 11 is 0. The van der Waals surface area contributed by atoms with Crippen LogP contribution in [0.15, 0.2) is 24.3 Å². The summed E-state index contributed by atoms with van der Waals surface area (Å²) in [5.74, 6) is 0. The van der Waals surface area contributed by atoms with E-state index in [9.17, 15) is 0 Å². The Balaban J connectivity index is 2.50. The van der Waals surface area contributed by atoms with E-state index in [4.69, 9.17) is 5.26 Å². The van der Waals surface area contributed by atoms with Gasteiger partial charge in [0.1, 0.15) is 0 Å². The van der Waals surface area contributed by atoms with Gasteiger partial charge in [-0.2, -0.15) is 5.26 Å². The Hall–Kier alpha value is -1.53. The molecule has 98 valence electrons. The van der Waals surface area contributed by atoms with Crippen molar-refractivity contribution in [2.24, 2.45) is 0 Å². The fourth-order valence-corrected chi connectivity index (χ4v) is 1.90. The monoisotopic (exact) mass is 245 g/mol. The summed E-state index contributed by atoms with van der Waals surface area (Å²) in [6, 6.07) is 11.0. The van der Waals surface area contributed by atoms with Gasteiger partial charge in [-0.3, -0.25) is 5.32 Å². The van der Waals surface area contributed by atoms with E-state index < -0.39 is 0 Å². The Labute approximate surface area is 110 Å². The van der Waals surface area contributed by atoms with Crippen LogP contribution in [0.25, 0.3) is 0 Å². The standard InChI is InChI=1S/C15H23N3/c1-12(2)17-14(11-16)8-9-18(4)15-7-5-6-13(3)10-15/h5-7,10,12,14,17H,8-9H2,1-4H3. The molecule has 1 unspecified atom stereocenters. The molecule has 3 heteroatoms. The molecule has 0 heterocycles. The second kappa shape index (κ2) is 7.03. The van der Waals surface area contributed by atoms with E-state index in [2.05, 4.69) is 68.4 Å². The average molecular weight is 245 g/mol. The minimum Gasteiger partial charge on any atom is -0.374 e. The largest absolute Gasteiger partial charge is 0.374 e. The number of benzene rings is 1. The second-order valence-corrected chi connectivity index (χ2v) is 5.05. The van der Waals surface area contributed by atoms with Crippen LogP contribution in [-0.2, 0) is 0 Å². The lowest BCUT2D eigenvalue weighted by Crippen LogP contribution is -2.36. The highest BCUT2D eigenvalue weighted by atomic mass is 15.1. The van der Waals surface area contributed by atoms with Crippen LogP contribution in [0.1, 0.15) is 25.8 Å². The van der Waals surface area contributed by atoms with Crippen LogP contribution in [0.5, 0.6) is 0 Å². The van der Waals surface area contributed by atoms with E-state index in [0.717, 1.165) is 13.0 Å². The Morgan fingerprint density at radius 2 is 2.11 bits per heavy atom. The third-order valence-corrected chi connectivity index (χ3v) is 2.89. The first-order chi connectivity index (χ1) is 8.52. The molecule has 0 aliphatic heterocycles. The van der Waals surface area contributed by atoms with E-state index in [1.807, 2.05) is 0 Å². The summed E-state index contributed by atoms with van der Waals surface area (Å²) in [5.41, 5.74) is 2.47. The highest BCUT2D eigenvalue weighted by molar-refractivity contribution is 5.47. The number of hydrogen-bond acceptors (Lipinski definition) is 3. The number of aryl methyl sites for hydroxylation is 1. The van der Waals surface area contributed by atoms with Crippen LogP contribution in [0.4, 0.5) is 5.69 Å².